The van der Waals surface area contributed by atoms with Gasteiger partial charge in [0.25, 0.3) is 0 Å². The minimum absolute atomic E-state index is 0.159. The molecule has 3 aromatic carbocycles. The van der Waals surface area contributed by atoms with Crippen LogP contribution in [0, 0.1) is 0 Å². The van der Waals surface area contributed by atoms with Crippen LogP contribution in [-0.2, 0) is 17.8 Å². The second kappa shape index (κ2) is 12.9. The van der Waals surface area contributed by atoms with Gasteiger partial charge in [-0.2, -0.15) is 0 Å². The summed E-state index contributed by atoms with van der Waals surface area (Å²) in [6.07, 6.45) is 4.57. The molecule has 3 N–H and O–H groups in total. The second-order valence-electron chi connectivity index (χ2n) is 8.80. The molecule has 4 rings (SSSR count). The van der Waals surface area contributed by atoms with Crippen molar-refractivity contribution < 1.29 is 9.53 Å². The predicted molar refractivity (Wildman–Crippen MR) is 143 cm³/mol. The first kappa shape index (κ1) is 25.5. The maximum Gasteiger partial charge on any atom is 0.221 e. The molecule has 6 nitrogen and oxygen atoms in total. The summed E-state index contributed by atoms with van der Waals surface area (Å²) in [5.41, 5.74) is 9.70. The summed E-state index contributed by atoms with van der Waals surface area (Å²) in [6, 6.07) is 26.6. The van der Waals surface area contributed by atoms with Crippen LogP contribution in [-0.4, -0.2) is 40.5 Å². The van der Waals surface area contributed by atoms with Crippen LogP contribution in [0.5, 0.6) is 5.75 Å². The topological polar surface area (TPSA) is 84.2 Å². The lowest BCUT2D eigenvalue weighted by Crippen LogP contribution is -2.31. The summed E-state index contributed by atoms with van der Waals surface area (Å²) in [5.74, 6) is 0.460. The van der Waals surface area contributed by atoms with E-state index in [-0.39, 0.29) is 18.2 Å². The maximum atomic E-state index is 11.1. The molecule has 0 aliphatic carbocycles. The van der Waals surface area contributed by atoms with Crippen molar-refractivity contribution in [3.05, 3.63) is 119 Å². The highest BCUT2D eigenvalue weighted by Gasteiger charge is 2.19. The van der Waals surface area contributed by atoms with E-state index in [4.69, 9.17) is 22.1 Å². The highest BCUT2D eigenvalue weighted by atomic mass is 35.5. The van der Waals surface area contributed by atoms with Crippen LogP contribution in [0.25, 0.3) is 0 Å². The molecule has 0 aliphatic heterocycles. The molecule has 186 valence electrons. The van der Waals surface area contributed by atoms with Gasteiger partial charge in [0, 0.05) is 37.4 Å². The third-order valence-electron chi connectivity index (χ3n) is 6.04. The van der Waals surface area contributed by atoms with Crippen molar-refractivity contribution in [3.8, 4) is 5.75 Å². The normalized spacial score (nSPS) is 11.2. The van der Waals surface area contributed by atoms with Gasteiger partial charge in [-0.25, -0.2) is 4.98 Å². The van der Waals surface area contributed by atoms with Gasteiger partial charge < -0.3 is 15.5 Å². The van der Waals surface area contributed by atoms with Crippen molar-refractivity contribution >= 4 is 17.5 Å². The summed E-state index contributed by atoms with van der Waals surface area (Å²) in [4.78, 5) is 21.0. The number of nitrogens with one attached hydrogen (secondary N) is 1. The Kier molecular flexibility index (Phi) is 9.14. The van der Waals surface area contributed by atoms with Crippen LogP contribution >= 0.6 is 11.6 Å². The number of ether oxygens (including phenoxy) is 1. The number of nitrogens with zero attached hydrogens (tertiary/aromatic N) is 2. The fourth-order valence-electron chi connectivity index (χ4n) is 4.32. The predicted octanol–water partition coefficient (Wildman–Crippen LogP) is 5.19. The first-order chi connectivity index (χ1) is 17.6. The van der Waals surface area contributed by atoms with E-state index in [0.29, 0.717) is 17.4 Å². The number of carbonyl (C=O) groups excluding carboxylic acids is 1. The minimum atomic E-state index is -0.388. The number of primary amides is 1. The summed E-state index contributed by atoms with van der Waals surface area (Å²) < 4.78 is 5.96. The van der Waals surface area contributed by atoms with Crippen LogP contribution in [0.1, 0.15) is 34.7 Å². The van der Waals surface area contributed by atoms with Gasteiger partial charge in [-0.1, -0.05) is 78.3 Å². The Bertz CT molecular complexity index is 1180. The molecule has 0 saturated heterocycles. The molecule has 0 aliphatic rings. The SMILES string of the molecule is NC(=O)Cc1ccc(OCCCN(Cc2cnc[nH]2)CC(c2ccccc2)c2ccccc2)c(Cl)c1. The molecule has 0 bridgehead atoms. The van der Waals surface area contributed by atoms with E-state index >= 15 is 0 Å². The Hall–Kier alpha value is -3.61. The van der Waals surface area contributed by atoms with Gasteiger partial charge in [0.05, 0.1) is 24.4 Å². The zero-order valence-corrected chi connectivity index (χ0v) is 20.9. The summed E-state index contributed by atoms with van der Waals surface area (Å²) in [6.45, 7) is 2.98. The van der Waals surface area contributed by atoms with Crippen molar-refractivity contribution in [1.29, 1.82) is 0 Å². The minimum Gasteiger partial charge on any atom is -0.492 e. The molecule has 7 heteroatoms. The molecule has 1 heterocycles. The molecule has 0 atom stereocenters. The molecule has 0 radical (unpaired) electrons. The lowest BCUT2D eigenvalue weighted by Gasteiger charge is -2.28. The Morgan fingerprint density at radius 1 is 1.03 bits per heavy atom. The average molecular weight is 503 g/mol. The largest absolute Gasteiger partial charge is 0.492 e. The average Bonchev–Trinajstić information content (AvgIpc) is 3.40. The van der Waals surface area contributed by atoms with Crippen molar-refractivity contribution in [2.45, 2.75) is 25.3 Å². The molecule has 0 fully saturated rings. The molecular formula is C29H31ClN4O2. The monoisotopic (exact) mass is 502 g/mol. The Morgan fingerprint density at radius 2 is 1.72 bits per heavy atom. The number of benzene rings is 3. The van der Waals surface area contributed by atoms with E-state index in [9.17, 15) is 4.79 Å². The number of hydrogen-bond donors (Lipinski definition) is 2. The maximum absolute atomic E-state index is 11.1. The number of rotatable bonds is 13. The molecule has 0 unspecified atom stereocenters. The Balaban J connectivity index is 1.42. The molecule has 0 spiro atoms. The standard InChI is InChI=1S/C29H31ClN4O2/c30-27-16-22(17-29(31)35)12-13-28(27)36-15-7-14-34(19-25-18-32-21-33-25)20-26(23-8-3-1-4-9-23)24-10-5-2-6-11-24/h1-6,8-13,16,18,21,26H,7,14-15,17,19-20H2,(H2,31,35)(H,32,33). The first-order valence-corrected chi connectivity index (χ1v) is 12.5. The number of carbonyl (C=O) groups is 1. The molecule has 4 aromatic rings. The quantitative estimate of drug-likeness (QED) is 0.246. The number of aromatic nitrogens is 2. The zero-order chi connectivity index (χ0) is 25.2. The van der Waals surface area contributed by atoms with Gasteiger partial charge in [-0.05, 0) is 35.2 Å². The van der Waals surface area contributed by atoms with E-state index in [0.717, 1.165) is 37.3 Å². The van der Waals surface area contributed by atoms with Gasteiger partial charge >= 0.3 is 0 Å². The lowest BCUT2D eigenvalue weighted by molar-refractivity contribution is -0.117. The number of hydrogen-bond acceptors (Lipinski definition) is 4. The van der Waals surface area contributed by atoms with Crippen LogP contribution < -0.4 is 10.5 Å². The summed E-state index contributed by atoms with van der Waals surface area (Å²) in [5, 5.41) is 0.483. The van der Waals surface area contributed by atoms with Crippen molar-refractivity contribution in [1.82, 2.24) is 14.9 Å². The molecule has 1 aromatic heterocycles. The van der Waals surface area contributed by atoms with Crippen LogP contribution in [0.4, 0.5) is 0 Å². The number of amides is 1. The van der Waals surface area contributed by atoms with Gasteiger partial charge in [-0.3, -0.25) is 9.69 Å². The summed E-state index contributed by atoms with van der Waals surface area (Å²) in [7, 11) is 0. The van der Waals surface area contributed by atoms with Crippen LogP contribution in [0.3, 0.4) is 0 Å². The van der Waals surface area contributed by atoms with Gasteiger partial charge in [0.2, 0.25) is 5.91 Å². The van der Waals surface area contributed by atoms with Gasteiger partial charge in [0.15, 0.2) is 0 Å². The summed E-state index contributed by atoms with van der Waals surface area (Å²) >= 11 is 6.36. The van der Waals surface area contributed by atoms with Crippen molar-refractivity contribution in [2.24, 2.45) is 5.73 Å². The van der Waals surface area contributed by atoms with E-state index in [1.807, 2.05) is 12.3 Å². The Morgan fingerprint density at radius 3 is 2.31 bits per heavy atom. The van der Waals surface area contributed by atoms with E-state index in [2.05, 4.69) is 75.5 Å². The third kappa shape index (κ3) is 7.44. The van der Waals surface area contributed by atoms with Crippen LogP contribution in [0.15, 0.2) is 91.4 Å². The highest BCUT2D eigenvalue weighted by Crippen LogP contribution is 2.27. The van der Waals surface area contributed by atoms with E-state index < -0.39 is 0 Å². The number of aromatic amines is 1. The fraction of sp³-hybridized carbons (Fsp3) is 0.241. The second-order valence-corrected chi connectivity index (χ2v) is 9.20. The van der Waals surface area contributed by atoms with Crippen molar-refractivity contribution in [2.75, 3.05) is 19.7 Å². The van der Waals surface area contributed by atoms with Gasteiger partial charge in [0.1, 0.15) is 5.75 Å². The van der Waals surface area contributed by atoms with E-state index in [1.54, 1.807) is 18.5 Å². The molecular weight excluding hydrogens is 472 g/mol. The van der Waals surface area contributed by atoms with E-state index in [1.165, 1.54) is 11.1 Å². The van der Waals surface area contributed by atoms with Gasteiger partial charge in [-0.15, -0.1) is 0 Å². The third-order valence-corrected chi connectivity index (χ3v) is 6.34. The van der Waals surface area contributed by atoms with Crippen molar-refractivity contribution in [3.63, 3.8) is 0 Å². The number of halogens is 1. The van der Waals surface area contributed by atoms with Crippen LogP contribution in [0.2, 0.25) is 5.02 Å². The fourth-order valence-corrected chi connectivity index (χ4v) is 4.58. The number of H-pyrrole nitrogens is 1. The highest BCUT2D eigenvalue weighted by molar-refractivity contribution is 6.32. The number of nitrogens with two attached hydrogens (primary N) is 1. The smallest absolute Gasteiger partial charge is 0.221 e. The lowest BCUT2D eigenvalue weighted by atomic mass is 9.90. The molecule has 0 saturated carbocycles. The first-order valence-electron chi connectivity index (χ1n) is 12.1. The molecule has 1 amide bonds. The number of imidazole rings is 1. The Labute approximate surface area is 217 Å². The molecule has 36 heavy (non-hydrogen) atoms. The zero-order valence-electron chi connectivity index (χ0n) is 20.1.